The number of fused-ring (bicyclic) bond motifs is 3. The maximum Gasteiger partial charge on any atom is 0.410 e. The lowest BCUT2D eigenvalue weighted by Crippen LogP contribution is -2.36. The number of ether oxygens (including phenoxy) is 1. The number of hydrogen-bond acceptors (Lipinski definition) is 5. The molecule has 0 aliphatic carbocycles. The highest BCUT2D eigenvalue weighted by atomic mass is 32.2. The predicted molar refractivity (Wildman–Crippen MR) is 113 cm³/mol. The monoisotopic (exact) mass is 427 g/mol. The van der Waals surface area contributed by atoms with Crippen molar-refractivity contribution in [2.45, 2.75) is 55.5 Å². The third-order valence-electron chi connectivity index (χ3n) is 5.04. The second-order valence-electron chi connectivity index (χ2n) is 8.48. The van der Waals surface area contributed by atoms with Gasteiger partial charge in [0.05, 0.1) is 16.3 Å². The number of aryl methyl sites for hydroxylation is 1. The van der Waals surface area contributed by atoms with Crippen LogP contribution in [-0.4, -0.2) is 31.6 Å². The van der Waals surface area contributed by atoms with Gasteiger partial charge in [0.1, 0.15) is 16.9 Å². The van der Waals surface area contributed by atoms with Crippen LogP contribution in [0.5, 0.6) is 0 Å². The highest BCUT2D eigenvalue weighted by Crippen LogP contribution is 2.33. The number of benzene rings is 2. The van der Waals surface area contributed by atoms with Gasteiger partial charge in [-0.2, -0.15) is 0 Å². The molecule has 1 amide bonds. The zero-order valence-electron chi connectivity index (χ0n) is 17.3. The molecule has 158 valence electrons. The Morgan fingerprint density at radius 3 is 2.50 bits per heavy atom. The first-order valence-electron chi connectivity index (χ1n) is 9.97. The summed E-state index contributed by atoms with van der Waals surface area (Å²) in [5.41, 5.74) is 0.887. The average Bonchev–Trinajstić information content (AvgIpc) is 2.88. The van der Waals surface area contributed by atoms with Gasteiger partial charge in [0.2, 0.25) is 9.84 Å². The summed E-state index contributed by atoms with van der Waals surface area (Å²) in [6.07, 6.45) is 1.06. The van der Waals surface area contributed by atoms with Crippen LogP contribution in [-0.2, 0) is 27.5 Å². The van der Waals surface area contributed by atoms with Crippen LogP contribution in [0.2, 0.25) is 0 Å². The van der Waals surface area contributed by atoms with Gasteiger partial charge in [-0.05, 0) is 57.5 Å². The van der Waals surface area contributed by atoms with Crippen LogP contribution < -0.4 is 0 Å². The van der Waals surface area contributed by atoms with E-state index in [1.807, 2.05) is 20.8 Å². The summed E-state index contributed by atoms with van der Waals surface area (Å²) < 4.78 is 37.6. The molecule has 3 aromatic rings. The van der Waals surface area contributed by atoms with E-state index in [-0.39, 0.29) is 15.9 Å². The van der Waals surface area contributed by atoms with E-state index in [0.29, 0.717) is 25.1 Å². The minimum atomic E-state index is -3.64. The Morgan fingerprint density at radius 1 is 1.07 bits per heavy atom. The van der Waals surface area contributed by atoms with E-state index in [2.05, 4.69) is 0 Å². The van der Waals surface area contributed by atoms with E-state index in [4.69, 9.17) is 9.15 Å². The number of rotatable bonds is 2. The Labute approximate surface area is 176 Å². The number of amides is 1. The molecule has 0 N–H and O–H groups in total. The highest BCUT2D eigenvalue weighted by molar-refractivity contribution is 7.91. The standard InChI is InChI=1S/C23H25NO5S/c1-23(2,3)29-22(25)24-13-7-10-20-19(15-24)18-14-17(11-12-21(18)28-20)30(26,27)16-8-5-4-6-9-16/h4-6,8-9,11-12,14H,7,10,13,15H2,1-3H3. The molecule has 0 spiro atoms. The first kappa shape index (κ1) is 20.5. The van der Waals surface area contributed by atoms with Crippen LogP contribution in [0, 0.1) is 0 Å². The second kappa shape index (κ2) is 7.47. The summed E-state index contributed by atoms with van der Waals surface area (Å²) in [6, 6.07) is 13.3. The van der Waals surface area contributed by atoms with Gasteiger partial charge in [0.25, 0.3) is 0 Å². The van der Waals surface area contributed by atoms with E-state index >= 15 is 0 Å². The highest BCUT2D eigenvalue weighted by Gasteiger charge is 2.28. The van der Waals surface area contributed by atoms with Gasteiger partial charge in [0, 0.05) is 23.9 Å². The number of hydrogen-bond donors (Lipinski definition) is 0. The average molecular weight is 428 g/mol. The summed E-state index contributed by atoms with van der Waals surface area (Å²) in [5.74, 6) is 0.797. The van der Waals surface area contributed by atoms with E-state index in [9.17, 15) is 13.2 Å². The van der Waals surface area contributed by atoms with E-state index in [1.165, 1.54) is 0 Å². The predicted octanol–water partition coefficient (Wildman–Crippen LogP) is 4.95. The molecule has 1 aromatic heterocycles. The topological polar surface area (TPSA) is 76.8 Å². The van der Waals surface area contributed by atoms with Crippen LogP contribution >= 0.6 is 0 Å². The molecule has 1 aliphatic rings. The largest absolute Gasteiger partial charge is 0.461 e. The van der Waals surface area contributed by atoms with E-state index < -0.39 is 15.4 Å². The molecule has 0 bridgehead atoms. The van der Waals surface area contributed by atoms with Crippen molar-refractivity contribution in [2.75, 3.05) is 6.54 Å². The molecular formula is C23H25NO5S. The van der Waals surface area contributed by atoms with Gasteiger partial charge in [0.15, 0.2) is 0 Å². The van der Waals surface area contributed by atoms with E-state index in [0.717, 1.165) is 23.1 Å². The van der Waals surface area contributed by atoms with Gasteiger partial charge >= 0.3 is 6.09 Å². The molecule has 1 aliphatic heterocycles. The maximum atomic E-state index is 13.0. The zero-order chi connectivity index (χ0) is 21.5. The Morgan fingerprint density at radius 2 is 1.80 bits per heavy atom. The summed E-state index contributed by atoms with van der Waals surface area (Å²) in [6.45, 7) is 6.39. The number of carbonyl (C=O) groups is 1. The molecular weight excluding hydrogens is 402 g/mol. The molecule has 2 heterocycles. The summed E-state index contributed by atoms with van der Waals surface area (Å²) in [7, 11) is -3.64. The Hall–Kier alpha value is -2.80. The van der Waals surface area contributed by atoms with Crippen LogP contribution in [0.15, 0.2) is 62.7 Å². The summed E-state index contributed by atoms with van der Waals surface area (Å²) in [4.78, 5) is 14.7. The fraction of sp³-hybridized carbons (Fsp3) is 0.348. The second-order valence-corrected chi connectivity index (χ2v) is 10.4. The van der Waals surface area contributed by atoms with Gasteiger partial charge in [-0.15, -0.1) is 0 Å². The van der Waals surface area contributed by atoms with Crippen molar-refractivity contribution in [1.82, 2.24) is 4.90 Å². The third kappa shape index (κ3) is 3.94. The number of sulfone groups is 1. The Balaban J connectivity index is 1.74. The molecule has 4 rings (SSSR count). The summed E-state index contributed by atoms with van der Waals surface area (Å²) in [5, 5.41) is 0.720. The first-order valence-corrected chi connectivity index (χ1v) is 11.5. The lowest BCUT2D eigenvalue weighted by atomic mass is 10.1. The van der Waals surface area contributed by atoms with Crippen LogP contribution in [0.1, 0.15) is 38.5 Å². The van der Waals surface area contributed by atoms with Gasteiger partial charge in [-0.3, -0.25) is 0 Å². The SMILES string of the molecule is CC(C)(C)OC(=O)N1CCCc2oc3ccc(S(=O)(=O)c4ccccc4)cc3c2C1. The maximum absolute atomic E-state index is 13.0. The Kier molecular flexibility index (Phi) is 5.10. The third-order valence-corrected chi connectivity index (χ3v) is 6.81. The van der Waals surface area contributed by atoms with Gasteiger partial charge in [-0.1, -0.05) is 18.2 Å². The molecule has 7 heteroatoms. The Bertz CT molecular complexity index is 1190. The zero-order valence-corrected chi connectivity index (χ0v) is 18.2. The van der Waals surface area contributed by atoms with E-state index in [1.54, 1.807) is 53.4 Å². The van der Waals surface area contributed by atoms with Crippen molar-refractivity contribution in [3.05, 3.63) is 59.9 Å². The lowest BCUT2D eigenvalue weighted by molar-refractivity contribution is 0.0237. The van der Waals surface area contributed by atoms with Crippen molar-refractivity contribution < 1.29 is 22.4 Å². The smallest absolute Gasteiger partial charge is 0.410 e. The van der Waals surface area contributed by atoms with Gasteiger partial charge in [-0.25, -0.2) is 13.2 Å². The number of nitrogens with zero attached hydrogens (tertiary/aromatic N) is 1. The normalized spacial score (nSPS) is 15.0. The molecule has 0 atom stereocenters. The minimum Gasteiger partial charge on any atom is -0.461 e. The van der Waals surface area contributed by atoms with Crippen LogP contribution in [0.3, 0.4) is 0 Å². The molecule has 0 unspecified atom stereocenters. The van der Waals surface area contributed by atoms with Crippen molar-refractivity contribution in [2.24, 2.45) is 0 Å². The minimum absolute atomic E-state index is 0.206. The first-order chi connectivity index (χ1) is 14.1. The lowest BCUT2D eigenvalue weighted by Gasteiger charge is -2.26. The fourth-order valence-corrected chi connectivity index (χ4v) is 4.95. The molecule has 0 fully saturated rings. The molecule has 0 saturated heterocycles. The summed E-state index contributed by atoms with van der Waals surface area (Å²) >= 11 is 0. The van der Waals surface area contributed by atoms with Gasteiger partial charge < -0.3 is 14.1 Å². The molecule has 2 aromatic carbocycles. The van der Waals surface area contributed by atoms with Crippen LogP contribution in [0.4, 0.5) is 4.79 Å². The molecule has 30 heavy (non-hydrogen) atoms. The molecule has 0 saturated carbocycles. The molecule has 0 radical (unpaired) electrons. The quantitative estimate of drug-likeness (QED) is 0.578. The van der Waals surface area contributed by atoms with Crippen molar-refractivity contribution in [3.63, 3.8) is 0 Å². The van der Waals surface area contributed by atoms with Crippen molar-refractivity contribution in [3.8, 4) is 0 Å². The van der Waals surface area contributed by atoms with Crippen molar-refractivity contribution >= 4 is 26.9 Å². The fourth-order valence-electron chi connectivity index (χ4n) is 3.64. The van der Waals surface area contributed by atoms with Crippen LogP contribution in [0.25, 0.3) is 11.0 Å². The molecule has 6 nitrogen and oxygen atoms in total. The number of carbonyl (C=O) groups excluding carboxylic acids is 1. The van der Waals surface area contributed by atoms with Crippen molar-refractivity contribution in [1.29, 1.82) is 0 Å². The number of furan rings is 1.